The van der Waals surface area contributed by atoms with Gasteiger partial charge in [-0.3, -0.25) is 4.79 Å². The summed E-state index contributed by atoms with van der Waals surface area (Å²) in [6.45, 7) is 1.56. The SMILES string of the molecule is C[C@H](OC(=O)c1cc(-c2ccc(Cl)s2)nc2ccccc12)C(=O)N(C)C. The maximum atomic E-state index is 12.7. The Balaban J connectivity index is 2.03. The largest absolute Gasteiger partial charge is 0.449 e. The van der Waals surface area contributed by atoms with Crippen LogP contribution in [0.4, 0.5) is 0 Å². The van der Waals surface area contributed by atoms with Crippen molar-refractivity contribution in [3.63, 3.8) is 0 Å². The van der Waals surface area contributed by atoms with Crippen molar-refractivity contribution >= 4 is 45.7 Å². The second-order valence-corrected chi connectivity index (χ2v) is 7.67. The van der Waals surface area contributed by atoms with E-state index in [2.05, 4.69) is 4.98 Å². The van der Waals surface area contributed by atoms with E-state index in [-0.39, 0.29) is 5.91 Å². The molecule has 3 rings (SSSR count). The first-order valence-corrected chi connectivity index (χ1v) is 9.14. The molecule has 2 heterocycles. The lowest BCUT2D eigenvalue weighted by Crippen LogP contribution is -2.34. The Bertz CT molecular complexity index is 984. The van der Waals surface area contributed by atoms with Gasteiger partial charge in [-0.15, -0.1) is 11.3 Å². The van der Waals surface area contributed by atoms with Crippen LogP contribution in [0.5, 0.6) is 0 Å². The second-order valence-electron chi connectivity index (χ2n) is 5.96. The number of esters is 1. The Labute approximate surface area is 160 Å². The van der Waals surface area contributed by atoms with Crippen molar-refractivity contribution in [1.29, 1.82) is 0 Å². The quantitative estimate of drug-likeness (QED) is 0.627. The minimum atomic E-state index is -0.871. The average Bonchev–Trinajstić information content (AvgIpc) is 3.06. The zero-order chi connectivity index (χ0) is 18.8. The molecule has 1 aromatic carbocycles. The monoisotopic (exact) mass is 388 g/mol. The number of likely N-dealkylation sites (N-methyl/N-ethyl adjacent to an activating group) is 1. The number of halogens is 1. The van der Waals surface area contributed by atoms with Crippen molar-refractivity contribution in [2.24, 2.45) is 0 Å². The predicted octanol–water partition coefficient (Wildman–Crippen LogP) is 4.25. The fourth-order valence-electron chi connectivity index (χ4n) is 2.56. The smallest absolute Gasteiger partial charge is 0.339 e. The Morgan fingerprint density at radius 3 is 2.58 bits per heavy atom. The number of hydrogen-bond donors (Lipinski definition) is 0. The molecule has 0 radical (unpaired) electrons. The summed E-state index contributed by atoms with van der Waals surface area (Å²) in [5, 5.41) is 0.674. The number of fused-ring (bicyclic) bond motifs is 1. The van der Waals surface area contributed by atoms with Crippen LogP contribution in [0, 0.1) is 0 Å². The number of amides is 1. The zero-order valence-corrected chi connectivity index (χ0v) is 16.1. The fraction of sp³-hybridized carbons (Fsp3) is 0.211. The molecule has 0 aliphatic rings. The molecule has 1 atom stereocenters. The molecular weight excluding hydrogens is 372 g/mol. The van der Waals surface area contributed by atoms with E-state index in [4.69, 9.17) is 16.3 Å². The summed E-state index contributed by atoms with van der Waals surface area (Å²) in [7, 11) is 3.24. The van der Waals surface area contributed by atoms with Crippen LogP contribution < -0.4 is 0 Å². The number of benzene rings is 1. The molecule has 2 aromatic heterocycles. The molecule has 3 aromatic rings. The summed E-state index contributed by atoms with van der Waals surface area (Å²) in [6.07, 6.45) is -0.871. The van der Waals surface area contributed by atoms with E-state index in [9.17, 15) is 9.59 Å². The van der Waals surface area contributed by atoms with Crippen LogP contribution >= 0.6 is 22.9 Å². The van der Waals surface area contributed by atoms with E-state index in [0.717, 1.165) is 4.88 Å². The fourth-order valence-corrected chi connectivity index (χ4v) is 3.56. The molecule has 0 unspecified atom stereocenters. The summed E-state index contributed by atoms with van der Waals surface area (Å²) < 4.78 is 6.03. The molecule has 7 heteroatoms. The van der Waals surface area contributed by atoms with Gasteiger partial charge in [0.15, 0.2) is 6.10 Å². The highest BCUT2D eigenvalue weighted by Gasteiger charge is 2.22. The lowest BCUT2D eigenvalue weighted by atomic mass is 10.1. The summed E-state index contributed by atoms with van der Waals surface area (Å²) in [5.74, 6) is -0.836. The van der Waals surface area contributed by atoms with Gasteiger partial charge in [0.05, 0.1) is 26.0 Å². The molecule has 0 fully saturated rings. The van der Waals surface area contributed by atoms with E-state index >= 15 is 0 Å². The molecule has 5 nitrogen and oxygen atoms in total. The number of carbonyl (C=O) groups excluding carboxylic acids is 2. The maximum absolute atomic E-state index is 12.7. The van der Waals surface area contributed by atoms with Gasteiger partial charge in [-0.1, -0.05) is 29.8 Å². The van der Waals surface area contributed by atoms with Gasteiger partial charge in [0.25, 0.3) is 5.91 Å². The van der Waals surface area contributed by atoms with Crippen molar-refractivity contribution in [3.8, 4) is 10.6 Å². The average molecular weight is 389 g/mol. The third-order valence-electron chi connectivity index (χ3n) is 3.83. The number of carbonyl (C=O) groups is 2. The van der Waals surface area contributed by atoms with Gasteiger partial charge in [0.1, 0.15) is 0 Å². The first-order valence-electron chi connectivity index (χ1n) is 7.94. The third-order valence-corrected chi connectivity index (χ3v) is 5.09. The van der Waals surface area contributed by atoms with E-state index in [0.29, 0.717) is 26.5 Å². The number of thiophene rings is 1. The van der Waals surface area contributed by atoms with Crippen LogP contribution in [0.15, 0.2) is 42.5 Å². The molecule has 0 spiro atoms. The van der Waals surface area contributed by atoms with Crippen LogP contribution in [0.2, 0.25) is 4.34 Å². The van der Waals surface area contributed by atoms with Crippen LogP contribution in [0.3, 0.4) is 0 Å². The number of nitrogens with zero attached hydrogens (tertiary/aromatic N) is 2. The van der Waals surface area contributed by atoms with Crippen molar-refractivity contribution in [1.82, 2.24) is 9.88 Å². The van der Waals surface area contributed by atoms with Gasteiger partial charge in [0, 0.05) is 19.5 Å². The van der Waals surface area contributed by atoms with E-state index in [1.54, 1.807) is 33.2 Å². The second kappa shape index (κ2) is 7.43. The highest BCUT2D eigenvalue weighted by atomic mass is 35.5. The Hall–Kier alpha value is -2.44. The Morgan fingerprint density at radius 2 is 1.92 bits per heavy atom. The first-order chi connectivity index (χ1) is 12.4. The minimum absolute atomic E-state index is 0.276. The number of rotatable bonds is 4. The number of pyridine rings is 1. The van der Waals surface area contributed by atoms with E-state index in [1.807, 2.05) is 30.3 Å². The van der Waals surface area contributed by atoms with Crippen molar-refractivity contribution in [3.05, 3.63) is 52.4 Å². The number of aromatic nitrogens is 1. The van der Waals surface area contributed by atoms with Crippen molar-refractivity contribution < 1.29 is 14.3 Å². The number of hydrogen-bond acceptors (Lipinski definition) is 5. The third kappa shape index (κ3) is 3.71. The highest BCUT2D eigenvalue weighted by molar-refractivity contribution is 7.19. The Kier molecular flexibility index (Phi) is 5.25. The van der Waals surface area contributed by atoms with Gasteiger partial charge in [-0.25, -0.2) is 9.78 Å². The summed E-state index contributed by atoms with van der Waals surface area (Å²) in [5.41, 5.74) is 1.68. The van der Waals surface area contributed by atoms with Gasteiger partial charge >= 0.3 is 5.97 Å². The van der Waals surface area contributed by atoms with Gasteiger partial charge in [-0.05, 0) is 31.2 Å². The van der Waals surface area contributed by atoms with E-state index in [1.165, 1.54) is 16.2 Å². The lowest BCUT2D eigenvalue weighted by Gasteiger charge is -2.18. The normalized spacial score (nSPS) is 12.0. The molecule has 0 bridgehead atoms. The summed E-state index contributed by atoms with van der Waals surface area (Å²) in [6, 6.07) is 12.7. The van der Waals surface area contributed by atoms with Crippen LogP contribution in [0.1, 0.15) is 17.3 Å². The molecule has 1 amide bonds. The molecule has 26 heavy (non-hydrogen) atoms. The molecule has 0 aliphatic heterocycles. The van der Waals surface area contributed by atoms with E-state index < -0.39 is 12.1 Å². The van der Waals surface area contributed by atoms with Crippen molar-refractivity contribution in [2.45, 2.75) is 13.0 Å². The zero-order valence-electron chi connectivity index (χ0n) is 14.5. The van der Waals surface area contributed by atoms with Gasteiger partial charge in [-0.2, -0.15) is 0 Å². The van der Waals surface area contributed by atoms with Crippen molar-refractivity contribution in [2.75, 3.05) is 14.1 Å². The molecule has 0 aliphatic carbocycles. The van der Waals surface area contributed by atoms with Crippen LogP contribution in [-0.2, 0) is 9.53 Å². The summed E-state index contributed by atoms with van der Waals surface area (Å²) >= 11 is 7.40. The molecular formula is C19H17ClN2O3S. The molecule has 0 saturated heterocycles. The van der Waals surface area contributed by atoms with Crippen LogP contribution in [0.25, 0.3) is 21.5 Å². The standard InChI is InChI=1S/C19H17ClN2O3S/c1-11(18(23)22(2)3)25-19(24)13-10-15(16-8-9-17(20)26-16)21-14-7-5-4-6-12(13)14/h4-11H,1-3H3/t11-/m0/s1. The lowest BCUT2D eigenvalue weighted by molar-refractivity contribution is -0.137. The minimum Gasteiger partial charge on any atom is -0.449 e. The topological polar surface area (TPSA) is 59.5 Å². The number of ether oxygens (including phenoxy) is 1. The number of para-hydroxylation sites is 1. The molecule has 0 N–H and O–H groups in total. The predicted molar refractivity (Wildman–Crippen MR) is 104 cm³/mol. The van der Waals surface area contributed by atoms with Crippen LogP contribution in [-0.4, -0.2) is 42.0 Å². The molecule has 0 saturated carbocycles. The maximum Gasteiger partial charge on any atom is 0.339 e. The summed E-state index contributed by atoms with van der Waals surface area (Å²) in [4.78, 5) is 31.6. The molecule has 134 valence electrons. The highest BCUT2D eigenvalue weighted by Crippen LogP contribution is 2.32. The van der Waals surface area contributed by atoms with Gasteiger partial charge < -0.3 is 9.64 Å². The first kappa shape index (κ1) is 18.4. The Morgan fingerprint density at radius 1 is 1.19 bits per heavy atom. The van der Waals surface area contributed by atoms with Gasteiger partial charge in [0.2, 0.25) is 0 Å².